The van der Waals surface area contributed by atoms with Gasteiger partial charge in [0.25, 0.3) is 0 Å². The number of aromatic nitrogens is 2. The van der Waals surface area contributed by atoms with Gasteiger partial charge >= 0.3 is 11.9 Å². The van der Waals surface area contributed by atoms with E-state index in [1.807, 2.05) is 6.07 Å². The van der Waals surface area contributed by atoms with E-state index >= 15 is 0 Å². The van der Waals surface area contributed by atoms with Crippen molar-refractivity contribution >= 4 is 23.5 Å². The first kappa shape index (κ1) is 24.0. The topological polar surface area (TPSA) is 79.7 Å². The summed E-state index contributed by atoms with van der Waals surface area (Å²) in [7, 11) is 2.41. The van der Waals surface area contributed by atoms with Crippen LogP contribution in [0, 0.1) is 5.82 Å². The number of benzene rings is 3. The normalized spacial score (nSPS) is 10.6. The fourth-order valence-electron chi connectivity index (χ4n) is 3.54. The second-order valence-corrected chi connectivity index (χ2v) is 7.80. The van der Waals surface area contributed by atoms with Crippen molar-refractivity contribution < 1.29 is 28.2 Å². The lowest BCUT2D eigenvalue weighted by Gasteiger charge is -2.12. The Morgan fingerprint density at radius 1 is 0.943 bits per heavy atom. The number of carbonyl (C=O) groups is 2. The van der Waals surface area contributed by atoms with Crippen LogP contribution in [0.1, 0.15) is 26.4 Å². The summed E-state index contributed by atoms with van der Waals surface area (Å²) in [6.45, 7) is 0.0448. The van der Waals surface area contributed by atoms with Crippen molar-refractivity contribution in [3.05, 3.63) is 100 Å². The Hall–Kier alpha value is -4.17. The lowest BCUT2D eigenvalue weighted by Crippen LogP contribution is -2.15. The molecule has 0 radical (unpaired) electrons. The smallest absolute Gasteiger partial charge is 0.357 e. The maximum atomic E-state index is 13.6. The first-order chi connectivity index (χ1) is 16.9. The number of carbonyl (C=O) groups excluding carboxylic acids is 2. The fourth-order valence-corrected chi connectivity index (χ4v) is 3.72. The number of halogens is 2. The van der Waals surface area contributed by atoms with E-state index < -0.39 is 11.9 Å². The van der Waals surface area contributed by atoms with E-state index in [1.165, 1.54) is 31.0 Å². The number of hydrogen-bond donors (Lipinski definition) is 0. The summed E-state index contributed by atoms with van der Waals surface area (Å²) in [6.07, 6.45) is 0. The van der Waals surface area contributed by atoms with Crippen molar-refractivity contribution in [1.29, 1.82) is 0 Å². The van der Waals surface area contributed by atoms with Gasteiger partial charge in [-0.3, -0.25) is 0 Å². The molecular weight excluding hydrogens is 475 g/mol. The summed E-state index contributed by atoms with van der Waals surface area (Å²) in [6, 6.07) is 19.6. The summed E-state index contributed by atoms with van der Waals surface area (Å²) >= 11 is 6.28. The van der Waals surface area contributed by atoms with Gasteiger partial charge in [0.05, 0.1) is 19.9 Å². The third-order valence-electron chi connectivity index (χ3n) is 5.13. The quantitative estimate of drug-likeness (QED) is 0.316. The molecule has 178 valence electrons. The van der Waals surface area contributed by atoms with E-state index in [-0.39, 0.29) is 29.4 Å². The second-order valence-electron chi connectivity index (χ2n) is 7.36. The van der Waals surface area contributed by atoms with Crippen molar-refractivity contribution in [2.45, 2.75) is 6.61 Å². The average Bonchev–Trinajstić information content (AvgIpc) is 3.28. The third kappa shape index (κ3) is 5.02. The standard InChI is InChI=1S/C26H20ClFN2O5/c1-33-25(31)22-23(29-30(24(22)26(32)34-2)19-9-4-3-5-10-19)20-14-17(27)11-12-21(20)35-15-16-7-6-8-18(28)13-16/h3-14H,15H2,1-2H3. The van der Waals surface area contributed by atoms with E-state index in [1.54, 1.807) is 54.6 Å². The molecule has 0 atom stereocenters. The molecule has 3 aromatic carbocycles. The highest BCUT2D eigenvalue weighted by Crippen LogP contribution is 2.37. The molecule has 0 bridgehead atoms. The molecule has 0 aliphatic rings. The first-order valence-electron chi connectivity index (χ1n) is 10.4. The Morgan fingerprint density at radius 3 is 2.37 bits per heavy atom. The van der Waals surface area contributed by atoms with E-state index in [0.717, 1.165) is 0 Å². The predicted octanol–water partition coefficient (Wildman–Crippen LogP) is 5.48. The van der Waals surface area contributed by atoms with Crippen molar-refractivity contribution in [1.82, 2.24) is 9.78 Å². The van der Waals surface area contributed by atoms with Gasteiger partial charge in [0, 0.05) is 10.6 Å². The molecule has 0 N–H and O–H groups in total. The Bertz CT molecular complexity index is 1390. The molecule has 0 fully saturated rings. The highest BCUT2D eigenvalue weighted by atomic mass is 35.5. The van der Waals surface area contributed by atoms with E-state index in [4.69, 9.17) is 25.8 Å². The maximum absolute atomic E-state index is 13.6. The zero-order chi connectivity index (χ0) is 24.9. The van der Waals surface area contributed by atoms with Crippen LogP contribution in [0.4, 0.5) is 4.39 Å². The van der Waals surface area contributed by atoms with Gasteiger partial charge in [-0.1, -0.05) is 41.9 Å². The Labute approximate surface area is 205 Å². The van der Waals surface area contributed by atoms with Crippen molar-refractivity contribution in [3.8, 4) is 22.7 Å². The van der Waals surface area contributed by atoms with Gasteiger partial charge in [0.15, 0.2) is 5.69 Å². The Balaban J connectivity index is 1.90. The summed E-state index contributed by atoms with van der Waals surface area (Å²) in [5, 5.41) is 4.93. The third-order valence-corrected chi connectivity index (χ3v) is 5.37. The van der Waals surface area contributed by atoms with Crippen LogP contribution in [-0.4, -0.2) is 35.9 Å². The number of methoxy groups -OCH3 is 2. The molecule has 0 aliphatic heterocycles. The van der Waals surface area contributed by atoms with Crippen LogP contribution in [0.2, 0.25) is 5.02 Å². The summed E-state index contributed by atoms with van der Waals surface area (Å²) in [5.74, 6) is -1.64. The summed E-state index contributed by atoms with van der Waals surface area (Å²) < 4.78 is 30.8. The number of esters is 2. The zero-order valence-electron chi connectivity index (χ0n) is 18.8. The highest BCUT2D eigenvalue weighted by Gasteiger charge is 2.32. The average molecular weight is 495 g/mol. The summed E-state index contributed by atoms with van der Waals surface area (Å²) in [4.78, 5) is 25.7. The zero-order valence-corrected chi connectivity index (χ0v) is 19.6. The van der Waals surface area contributed by atoms with Gasteiger partial charge in [-0.2, -0.15) is 5.10 Å². The number of rotatable bonds is 7. The van der Waals surface area contributed by atoms with Crippen molar-refractivity contribution in [2.24, 2.45) is 0 Å². The molecule has 0 saturated carbocycles. The lowest BCUT2D eigenvalue weighted by atomic mass is 10.0. The van der Waals surface area contributed by atoms with Gasteiger partial charge in [-0.05, 0) is 48.0 Å². The molecule has 0 spiro atoms. The minimum absolute atomic E-state index is 0.0448. The van der Waals surface area contributed by atoms with E-state index in [9.17, 15) is 14.0 Å². The molecule has 0 aliphatic carbocycles. The Morgan fingerprint density at radius 2 is 1.69 bits per heavy atom. The molecule has 35 heavy (non-hydrogen) atoms. The minimum Gasteiger partial charge on any atom is -0.488 e. The van der Waals surface area contributed by atoms with Crippen LogP contribution in [0.3, 0.4) is 0 Å². The second kappa shape index (κ2) is 10.4. The highest BCUT2D eigenvalue weighted by molar-refractivity contribution is 6.31. The summed E-state index contributed by atoms with van der Waals surface area (Å²) in [5.41, 5.74) is 1.35. The molecule has 9 heteroatoms. The lowest BCUT2D eigenvalue weighted by molar-refractivity contribution is 0.0549. The van der Waals surface area contributed by atoms with Crippen LogP contribution >= 0.6 is 11.6 Å². The molecule has 0 saturated heterocycles. The number of para-hydroxylation sites is 1. The van der Waals surface area contributed by atoms with E-state index in [2.05, 4.69) is 5.10 Å². The van der Waals surface area contributed by atoms with Crippen LogP contribution in [0.5, 0.6) is 5.75 Å². The molecule has 1 heterocycles. The molecule has 0 unspecified atom stereocenters. The SMILES string of the molecule is COC(=O)c1c(-c2cc(Cl)ccc2OCc2cccc(F)c2)nn(-c2ccccc2)c1C(=O)OC. The van der Waals surface area contributed by atoms with E-state index in [0.29, 0.717) is 27.6 Å². The van der Waals surface area contributed by atoms with Crippen LogP contribution in [-0.2, 0) is 16.1 Å². The van der Waals surface area contributed by atoms with Gasteiger partial charge < -0.3 is 14.2 Å². The molecule has 7 nitrogen and oxygen atoms in total. The van der Waals surface area contributed by atoms with Gasteiger partial charge in [-0.25, -0.2) is 18.7 Å². The van der Waals surface area contributed by atoms with Gasteiger partial charge in [-0.15, -0.1) is 0 Å². The van der Waals surface area contributed by atoms with Crippen LogP contribution in [0.15, 0.2) is 72.8 Å². The van der Waals surface area contributed by atoms with Crippen molar-refractivity contribution in [3.63, 3.8) is 0 Å². The molecule has 1 aromatic heterocycles. The maximum Gasteiger partial charge on any atom is 0.357 e. The first-order valence-corrected chi connectivity index (χ1v) is 10.8. The molecule has 0 amide bonds. The van der Waals surface area contributed by atoms with Gasteiger partial charge in [0.2, 0.25) is 0 Å². The number of nitrogens with zero attached hydrogens (tertiary/aromatic N) is 2. The van der Waals surface area contributed by atoms with Gasteiger partial charge in [0.1, 0.15) is 29.4 Å². The Kier molecular flexibility index (Phi) is 7.12. The molecule has 4 aromatic rings. The fraction of sp³-hybridized carbons (Fsp3) is 0.115. The van der Waals surface area contributed by atoms with Crippen LogP contribution < -0.4 is 4.74 Å². The predicted molar refractivity (Wildman–Crippen MR) is 127 cm³/mol. The largest absolute Gasteiger partial charge is 0.488 e. The number of hydrogen-bond acceptors (Lipinski definition) is 6. The molecule has 4 rings (SSSR count). The number of ether oxygens (including phenoxy) is 3. The monoisotopic (exact) mass is 494 g/mol. The minimum atomic E-state index is -0.793. The van der Waals surface area contributed by atoms with Crippen molar-refractivity contribution in [2.75, 3.05) is 14.2 Å². The molecular formula is C26H20ClFN2O5. The van der Waals surface area contributed by atoms with Crippen LogP contribution in [0.25, 0.3) is 16.9 Å².